The van der Waals surface area contributed by atoms with Crippen LogP contribution >= 0.6 is 0 Å². The number of ether oxygens (including phenoxy) is 2. The van der Waals surface area contributed by atoms with Crippen LogP contribution in [0.15, 0.2) is 47.3 Å². The van der Waals surface area contributed by atoms with Crippen molar-refractivity contribution in [3.63, 3.8) is 0 Å². The Hall–Kier alpha value is -3.42. The number of nitrogens with zero attached hydrogens (tertiary/aromatic N) is 3. The first-order chi connectivity index (χ1) is 14.5. The number of carbonyl (C=O) groups is 1. The molecule has 1 atom stereocenters. The number of hydrogen-bond donors (Lipinski definition) is 1. The Balaban J connectivity index is 1.54. The van der Waals surface area contributed by atoms with E-state index in [1.54, 1.807) is 24.3 Å². The molecule has 0 fully saturated rings. The summed E-state index contributed by atoms with van der Waals surface area (Å²) in [6.45, 7) is 5.06. The molecular formula is C22H24N4O4. The summed E-state index contributed by atoms with van der Waals surface area (Å²) in [5.74, 6) is 1.20. The SMILES string of the molecule is CC(C)[C@@H](NC(=O)Cn1nnc2ccccc2c1=O)c1ccc2c(c1)OCCCO2. The van der Waals surface area contributed by atoms with Crippen LogP contribution in [0.1, 0.15) is 31.9 Å². The molecule has 1 N–H and O–H groups in total. The molecular weight excluding hydrogens is 384 g/mol. The lowest BCUT2D eigenvalue weighted by Gasteiger charge is -2.24. The Morgan fingerprint density at radius 1 is 1.13 bits per heavy atom. The van der Waals surface area contributed by atoms with Gasteiger partial charge < -0.3 is 14.8 Å². The molecule has 0 radical (unpaired) electrons. The van der Waals surface area contributed by atoms with Gasteiger partial charge in [-0.1, -0.05) is 37.3 Å². The molecule has 0 saturated heterocycles. The van der Waals surface area contributed by atoms with E-state index >= 15 is 0 Å². The Bertz CT molecular complexity index is 1130. The van der Waals surface area contributed by atoms with Crippen LogP contribution in [0.2, 0.25) is 0 Å². The second-order valence-corrected chi connectivity index (χ2v) is 7.62. The van der Waals surface area contributed by atoms with Crippen molar-refractivity contribution in [3.8, 4) is 11.5 Å². The maximum atomic E-state index is 12.7. The average Bonchev–Trinajstić information content (AvgIpc) is 2.99. The lowest BCUT2D eigenvalue weighted by molar-refractivity contribution is -0.123. The van der Waals surface area contributed by atoms with E-state index in [-0.39, 0.29) is 30.0 Å². The minimum Gasteiger partial charge on any atom is -0.490 e. The fourth-order valence-electron chi connectivity index (χ4n) is 3.49. The second-order valence-electron chi connectivity index (χ2n) is 7.62. The summed E-state index contributed by atoms with van der Waals surface area (Å²) in [5.41, 5.74) is 1.08. The van der Waals surface area contributed by atoms with Gasteiger partial charge in [-0.2, -0.15) is 0 Å². The Labute approximate surface area is 173 Å². The summed E-state index contributed by atoms with van der Waals surface area (Å²) in [6, 6.07) is 12.4. The lowest BCUT2D eigenvalue weighted by Crippen LogP contribution is -2.37. The molecule has 8 nitrogen and oxygen atoms in total. The summed E-state index contributed by atoms with van der Waals surface area (Å²) < 4.78 is 12.5. The highest BCUT2D eigenvalue weighted by Gasteiger charge is 2.22. The van der Waals surface area contributed by atoms with Crippen molar-refractivity contribution in [1.29, 1.82) is 0 Å². The molecule has 3 aromatic rings. The van der Waals surface area contributed by atoms with Gasteiger partial charge >= 0.3 is 0 Å². The van der Waals surface area contributed by atoms with Gasteiger partial charge in [-0.05, 0) is 35.7 Å². The predicted molar refractivity (Wildman–Crippen MR) is 112 cm³/mol. The maximum absolute atomic E-state index is 12.7. The van der Waals surface area contributed by atoms with Crippen molar-refractivity contribution in [2.24, 2.45) is 5.92 Å². The van der Waals surface area contributed by atoms with E-state index in [9.17, 15) is 9.59 Å². The molecule has 8 heteroatoms. The summed E-state index contributed by atoms with van der Waals surface area (Å²) in [4.78, 5) is 25.3. The molecule has 1 amide bonds. The molecule has 156 valence electrons. The largest absolute Gasteiger partial charge is 0.490 e. The van der Waals surface area contributed by atoms with E-state index in [1.807, 2.05) is 32.0 Å². The fraction of sp³-hybridized carbons (Fsp3) is 0.364. The molecule has 2 heterocycles. The van der Waals surface area contributed by atoms with Gasteiger partial charge in [0.1, 0.15) is 12.1 Å². The van der Waals surface area contributed by atoms with Crippen LogP contribution in [0.4, 0.5) is 0 Å². The van der Waals surface area contributed by atoms with Crippen molar-refractivity contribution >= 4 is 16.8 Å². The van der Waals surface area contributed by atoms with Gasteiger partial charge in [0.2, 0.25) is 5.91 Å². The van der Waals surface area contributed by atoms with Crippen LogP contribution in [0.25, 0.3) is 10.9 Å². The third-order valence-electron chi connectivity index (χ3n) is 5.04. The van der Waals surface area contributed by atoms with Gasteiger partial charge in [0, 0.05) is 6.42 Å². The number of carbonyl (C=O) groups excluding carboxylic acids is 1. The van der Waals surface area contributed by atoms with Gasteiger partial charge in [-0.3, -0.25) is 9.59 Å². The van der Waals surface area contributed by atoms with Gasteiger partial charge in [-0.15, -0.1) is 5.10 Å². The van der Waals surface area contributed by atoms with Gasteiger partial charge in [0.15, 0.2) is 11.5 Å². The number of rotatable bonds is 5. The van der Waals surface area contributed by atoms with Gasteiger partial charge in [0.05, 0.1) is 24.6 Å². The Morgan fingerprint density at radius 2 is 1.90 bits per heavy atom. The van der Waals surface area contributed by atoms with Crippen molar-refractivity contribution < 1.29 is 14.3 Å². The second kappa shape index (κ2) is 8.52. The van der Waals surface area contributed by atoms with Gasteiger partial charge in [-0.25, -0.2) is 4.68 Å². The average molecular weight is 408 g/mol. The van der Waals surface area contributed by atoms with E-state index < -0.39 is 0 Å². The van der Waals surface area contributed by atoms with Crippen LogP contribution in [0.3, 0.4) is 0 Å². The highest BCUT2D eigenvalue weighted by molar-refractivity contribution is 5.78. The summed E-state index contributed by atoms with van der Waals surface area (Å²) in [5, 5.41) is 11.4. The third-order valence-corrected chi connectivity index (χ3v) is 5.04. The van der Waals surface area contributed by atoms with Crippen LogP contribution in [-0.4, -0.2) is 34.1 Å². The number of hydrogen-bond acceptors (Lipinski definition) is 6. The van der Waals surface area contributed by atoms with E-state index in [0.29, 0.717) is 35.6 Å². The Kier molecular flexibility index (Phi) is 5.65. The standard InChI is InChI=1S/C22H24N4O4/c1-14(2)21(15-8-9-18-19(12-15)30-11-5-10-29-18)23-20(27)13-26-22(28)16-6-3-4-7-17(16)24-25-26/h3-4,6-9,12,14,21H,5,10-11,13H2,1-2H3,(H,23,27)/t21-/m1/s1. The summed E-state index contributed by atoms with van der Waals surface area (Å²) in [7, 11) is 0. The van der Waals surface area contributed by atoms with Crippen molar-refractivity contribution in [1.82, 2.24) is 20.3 Å². The van der Waals surface area contributed by atoms with Crippen LogP contribution < -0.4 is 20.3 Å². The Morgan fingerprint density at radius 3 is 2.70 bits per heavy atom. The number of amides is 1. The zero-order valence-electron chi connectivity index (χ0n) is 17.0. The predicted octanol–water partition coefficient (Wildman–Crippen LogP) is 2.47. The normalized spacial score (nSPS) is 14.4. The first-order valence-corrected chi connectivity index (χ1v) is 10.0. The lowest BCUT2D eigenvalue weighted by atomic mass is 9.95. The van der Waals surface area contributed by atoms with Crippen LogP contribution in [-0.2, 0) is 11.3 Å². The number of nitrogens with one attached hydrogen (secondary N) is 1. The highest BCUT2D eigenvalue weighted by atomic mass is 16.5. The quantitative estimate of drug-likeness (QED) is 0.697. The summed E-state index contributed by atoms with van der Waals surface area (Å²) in [6.07, 6.45) is 0.829. The molecule has 1 aromatic heterocycles. The molecule has 0 bridgehead atoms. The van der Waals surface area contributed by atoms with E-state index in [2.05, 4.69) is 15.6 Å². The molecule has 1 aliphatic heterocycles. The van der Waals surface area contributed by atoms with Crippen molar-refractivity contribution in [2.75, 3.05) is 13.2 Å². The van der Waals surface area contributed by atoms with Crippen molar-refractivity contribution in [2.45, 2.75) is 32.9 Å². The zero-order valence-corrected chi connectivity index (χ0v) is 17.0. The molecule has 1 aliphatic rings. The first-order valence-electron chi connectivity index (χ1n) is 10.0. The highest BCUT2D eigenvalue weighted by Crippen LogP contribution is 2.34. The van der Waals surface area contributed by atoms with E-state index in [4.69, 9.17) is 9.47 Å². The van der Waals surface area contributed by atoms with Crippen LogP contribution in [0.5, 0.6) is 11.5 Å². The minimum atomic E-state index is -0.340. The minimum absolute atomic E-state index is 0.123. The topological polar surface area (TPSA) is 95.3 Å². The molecule has 0 spiro atoms. The van der Waals surface area contributed by atoms with Crippen LogP contribution in [0, 0.1) is 5.92 Å². The molecule has 0 aliphatic carbocycles. The fourth-order valence-corrected chi connectivity index (χ4v) is 3.49. The maximum Gasteiger partial charge on any atom is 0.278 e. The molecule has 4 rings (SSSR count). The molecule has 0 saturated carbocycles. The third kappa shape index (κ3) is 4.12. The van der Waals surface area contributed by atoms with E-state index in [1.165, 1.54) is 0 Å². The first kappa shape index (κ1) is 19.9. The molecule has 2 aromatic carbocycles. The summed E-state index contributed by atoms with van der Waals surface area (Å²) >= 11 is 0. The van der Waals surface area contributed by atoms with E-state index in [0.717, 1.165) is 16.7 Å². The zero-order chi connectivity index (χ0) is 21.1. The monoisotopic (exact) mass is 408 g/mol. The number of fused-ring (bicyclic) bond motifs is 2. The van der Waals surface area contributed by atoms with Crippen molar-refractivity contribution in [3.05, 3.63) is 58.4 Å². The number of benzene rings is 2. The number of aromatic nitrogens is 3. The molecule has 30 heavy (non-hydrogen) atoms. The van der Waals surface area contributed by atoms with Gasteiger partial charge in [0.25, 0.3) is 5.56 Å². The molecule has 0 unspecified atom stereocenters. The smallest absolute Gasteiger partial charge is 0.278 e.